The van der Waals surface area contributed by atoms with E-state index in [1.54, 1.807) is 11.8 Å². The van der Waals surface area contributed by atoms with Gasteiger partial charge in [0.15, 0.2) is 0 Å². The minimum atomic E-state index is 0.302. The van der Waals surface area contributed by atoms with Crippen LogP contribution in [0.4, 0.5) is 0 Å². The van der Waals surface area contributed by atoms with Crippen LogP contribution in [0.3, 0.4) is 0 Å². The fourth-order valence-corrected chi connectivity index (χ4v) is 2.58. The van der Waals surface area contributed by atoms with Gasteiger partial charge >= 0.3 is 0 Å². The van der Waals surface area contributed by atoms with Crippen molar-refractivity contribution in [2.45, 2.75) is 23.8 Å². The van der Waals surface area contributed by atoms with Crippen molar-refractivity contribution in [2.75, 3.05) is 0 Å². The topological polar surface area (TPSA) is 25.8 Å². The van der Waals surface area contributed by atoms with Gasteiger partial charge in [-0.2, -0.15) is 0 Å². The smallest absolute Gasteiger partial charge is 0.223 e. The lowest BCUT2D eigenvalue weighted by Crippen LogP contribution is -1.89. The van der Waals surface area contributed by atoms with Crippen molar-refractivity contribution in [1.29, 1.82) is 0 Å². The number of rotatable bonds is 2. The zero-order chi connectivity index (χ0) is 11.5. The highest BCUT2D eigenvalue weighted by atomic mass is 35.5. The van der Waals surface area contributed by atoms with Crippen LogP contribution >= 0.6 is 23.4 Å². The SMILES string of the molecule is Cc1cc(Sc2ccccc2C)nc(Cl)n1. The summed E-state index contributed by atoms with van der Waals surface area (Å²) in [6.07, 6.45) is 0. The Labute approximate surface area is 104 Å². The minimum Gasteiger partial charge on any atom is -0.223 e. The molecule has 82 valence electrons. The molecule has 2 aromatic rings. The predicted molar refractivity (Wildman–Crippen MR) is 67.1 cm³/mol. The lowest BCUT2D eigenvalue weighted by atomic mass is 10.2. The second-order valence-corrected chi connectivity index (χ2v) is 4.88. The molecule has 0 fully saturated rings. The van der Waals surface area contributed by atoms with Gasteiger partial charge < -0.3 is 0 Å². The Morgan fingerprint density at radius 3 is 2.56 bits per heavy atom. The summed E-state index contributed by atoms with van der Waals surface area (Å²) in [5.74, 6) is 0. The van der Waals surface area contributed by atoms with Crippen LogP contribution in [0, 0.1) is 13.8 Å². The standard InChI is InChI=1S/C12H11ClN2S/c1-8-5-3-4-6-10(8)16-11-7-9(2)14-12(13)15-11/h3-7H,1-2H3. The molecule has 0 amide bonds. The van der Waals surface area contributed by atoms with Crippen LogP contribution in [0.25, 0.3) is 0 Å². The summed E-state index contributed by atoms with van der Waals surface area (Å²) in [5, 5.41) is 1.18. The van der Waals surface area contributed by atoms with Crippen molar-refractivity contribution in [2.24, 2.45) is 0 Å². The van der Waals surface area contributed by atoms with Gasteiger partial charge in [0.05, 0.1) is 0 Å². The quantitative estimate of drug-likeness (QED) is 0.597. The molecule has 0 aliphatic carbocycles. The van der Waals surface area contributed by atoms with Crippen molar-refractivity contribution in [3.05, 3.63) is 46.9 Å². The van der Waals surface area contributed by atoms with E-state index >= 15 is 0 Å². The monoisotopic (exact) mass is 250 g/mol. The number of hydrogen-bond donors (Lipinski definition) is 0. The maximum atomic E-state index is 5.82. The lowest BCUT2D eigenvalue weighted by Gasteiger charge is -2.05. The Balaban J connectivity index is 2.30. The summed E-state index contributed by atoms with van der Waals surface area (Å²) >= 11 is 7.43. The second-order valence-electron chi connectivity index (χ2n) is 3.48. The van der Waals surface area contributed by atoms with Crippen LogP contribution in [-0.2, 0) is 0 Å². The van der Waals surface area contributed by atoms with E-state index in [2.05, 4.69) is 29.0 Å². The molecule has 0 aliphatic rings. The summed E-state index contributed by atoms with van der Waals surface area (Å²) in [4.78, 5) is 9.42. The van der Waals surface area contributed by atoms with Crippen LogP contribution in [-0.4, -0.2) is 9.97 Å². The zero-order valence-corrected chi connectivity index (χ0v) is 10.6. The molecular weight excluding hydrogens is 240 g/mol. The van der Waals surface area contributed by atoms with Gasteiger partial charge in [0.1, 0.15) is 5.03 Å². The third-order valence-electron chi connectivity index (χ3n) is 2.11. The number of aryl methyl sites for hydroxylation is 2. The van der Waals surface area contributed by atoms with Crippen molar-refractivity contribution >= 4 is 23.4 Å². The third-order valence-corrected chi connectivity index (χ3v) is 3.38. The first-order valence-electron chi connectivity index (χ1n) is 4.90. The van der Waals surface area contributed by atoms with E-state index in [4.69, 9.17) is 11.6 Å². The Morgan fingerprint density at radius 2 is 1.88 bits per heavy atom. The van der Waals surface area contributed by atoms with Crippen LogP contribution in [0.5, 0.6) is 0 Å². The van der Waals surface area contributed by atoms with E-state index in [1.807, 2.05) is 25.1 Å². The van der Waals surface area contributed by atoms with Gasteiger partial charge in [-0.1, -0.05) is 30.0 Å². The number of halogens is 1. The number of benzene rings is 1. The van der Waals surface area contributed by atoms with E-state index < -0.39 is 0 Å². The molecule has 0 bridgehead atoms. The average molecular weight is 251 g/mol. The van der Waals surface area contributed by atoms with Crippen LogP contribution in [0.2, 0.25) is 5.28 Å². The second kappa shape index (κ2) is 4.85. The van der Waals surface area contributed by atoms with E-state index in [9.17, 15) is 0 Å². The predicted octanol–water partition coefficient (Wildman–Crippen LogP) is 3.90. The first kappa shape index (κ1) is 11.4. The molecule has 2 nitrogen and oxygen atoms in total. The maximum Gasteiger partial charge on any atom is 0.223 e. The van der Waals surface area contributed by atoms with Crippen LogP contribution in [0.1, 0.15) is 11.3 Å². The molecule has 0 saturated heterocycles. The molecule has 1 heterocycles. The molecule has 0 aliphatic heterocycles. The highest BCUT2D eigenvalue weighted by molar-refractivity contribution is 7.99. The largest absolute Gasteiger partial charge is 0.223 e. The Hall–Kier alpha value is -1.06. The van der Waals surface area contributed by atoms with Gasteiger partial charge in [-0.25, -0.2) is 9.97 Å². The van der Waals surface area contributed by atoms with Gasteiger partial charge in [-0.05, 0) is 43.1 Å². The van der Waals surface area contributed by atoms with E-state index in [0.717, 1.165) is 10.7 Å². The summed E-state index contributed by atoms with van der Waals surface area (Å²) < 4.78 is 0. The first-order valence-corrected chi connectivity index (χ1v) is 6.09. The van der Waals surface area contributed by atoms with E-state index in [-0.39, 0.29) is 0 Å². The van der Waals surface area contributed by atoms with Gasteiger partial charge in [0, 0.05) is 10.6 Å². The van der Waals surface area contributed by atoms with E-state index in [0.29, 0.717) is 5.28 Å². The van der Waals surface area contributed by atoms with Gasteiger partial charge in [-0.3, -0.25) is 0 Å². The van der Waals surface area contributed by atoms with Crippen molar-refractivity contribution in [3.63, 3.8) is 0 Å². The molecule has 0 atom stereocenters. The van der Waals surface area contributed by atoms with Gasteiger partial charge in [0.25, 0.3) is 0 Å². The highest BCUT2D eigenvalue weighted by Gasteiger charge is 2.04. The summed E-state index contributed by atoms with van der Waals surface area (Å²) in [5.41, 5.74) is 2.12. The van der Waals surface area contributed by atoms with Crippen LogP contribution in [0.15, 0.2) is 40.3 Å². The molecule has 0 unspecified atom stereocenters. The van der Waals surface area contributed by atoms with Crippen molar-refractivity contribution in [1.82, 2.24) is 9.97 Å². The molecule has 2 rings (SSSR count). The summed E-state index contributed by atoms with van der Waals surface area (Å²) in [7, 11) is 0. The average Bonchev–Trinajstić information content (AvgIpc) is 2.20. The maximum absolute atomic E-state index is 5.82. The number of aromatic nitrogens is 2. The molecule has 1 aromatic carbocycles. The van der Waals surface area contributed by atoms with Gasteiger partial charge in [0.2, 0.25) is 5.28 Å². The molecular formula is C12H11ClN2S. The molecule has 4 heteroatoms. The zero-order valence-electron chi connectivity index (χ0n) is 9.07. The molecule has 16 heavy (non-hydrogen) atoms. The number of hydrogen-bond acceptors (Lipinski definition) is 3. The van der Waals surface area contributed by atoms with Crippen LogP contribution < -0.4 is 0 Å². The molecule has 0 radical (unpaired) electrons. The van der Waals surface area contributed by atoms with Crippen molar-refractivity contribution in [3.8, 4) is 0 Å². The molecule has 0 N–H and O–H groups in total. The summed E-state index contributed by atoms with van der Waals surface area (Å²) in [6, 6.07) is 10.1. The molecule has 0 spiro atoms. The van der Waals surface area contributed by atoms with Gasteiger partial charge in [-0.15, -0.1) is 0 Å². The third kappa shape index (κ3) is 2.74. The van der Waals surface area contributed by atoms with Crippen molar-refractivity contribution < 1.29 is 0 Å². The first-order chi connectivity index (χ1) is 7.65. The highest BCUT2D eigenvalue weighted by Crippen LogP contribution is 2.29. The normalized spacial score (nSPS) is 10.4. The Morgan fingerprint density at radius 1 is 1.12 bits per heavy atom. The lowest BCUT2D eigenvalue weighted by molar-refractivity contribution is 1.01. The van der Waals surface area contributed by atoms with E-state index in [1.165, 1.54) is 10.5 Å². The molecule has 1 aromatic heterocycles. The summed E-state index contributed by atoms with van der Waals surface area (Å²) in [6.45, 7) is 3.99. The molecule has 0 saturated carbocycles. The fraction of sp³-hybridized carbons (Fsp3) is 0.167. The Bertz CT molecular complexity index is 494. The fourth-order valence-electron chi connectivity index (χ4n) is 1.34. The number of nitrogens with zero attached hydrogens (tertiary/aromatic N) is 2. The minimum absolute atomic E-state index is 0.302. The Kier molecular flexibility index (Phi) is 3.46.